The molecule has 48 heavy (non-hydrogen) atoms. The summed E-state index contributed by atoms with van der Waals surface area (Å²) in [6, 6.07) is -5.27. The molecule has 1 heterocycles. The number of amides is 3. The molecule has 0 aromatic heterocycles. The van der Waals surface area contributed by atoms with Crippen molar-refractivity contribution < 1.29 is 54.3 Å². The SMILES string of the molecule is CC(C)NCCN1C(=O)CC(SCC(NC(O)C(CC(=O)O)NC(=O)C(CCCCN)NC(O)C(CC(=O)O)NC(C)C)C(=O)O)C1=O. The van der Waals surface area contributed by atoms with Crippen LogP contribution in [0, 0.1) is 0 Å². The maximum absolute atomic E-state index is 13.4. The number of unbranched alkanes of at least 4 members (excludes halogenated alkanes) is 1. The zero-order valence-electron chi connectivity index (χ0n) is 27.9. The average molecular weight is 708 g/mol. The van der Waals surface area contributed by atoms with Gasteiger partial charge in [-0.25, -0.2) is 0 Å². The number of likely N-dealkylation sites (tertiary alicyclic amines) is 1. The van der Waals surface area contributed by atoms with E-state index in [2.05, 4.69) is 26.6 Å². The number of nitrogens with one attached hydrogen (secondary N) is 5. The van der Waals surface area contributed by atoms with E-state index in [9.17, 15) is 54.3 Å². The lowest BCUT2D eigenvalue weighted by Gasteiger charge is -2.31. The number of rotatable bonds is 26. The van der Waals surface area contributed by atoms with Gasteiger partial charge in [-0.1, -0.05) is 34.1 Å². The maximum Gasteiger partial charge on any atom is 0.321 e. The minimum atomic E-state index is -1.89. The molecule has 1 aliphatic rings. The minimum absolute atomic E-state index is 0.109. The highest BCUT2D eigenvalue weighted by Crippen LogP contribution is 2.26. The van der Waals surface area contributed by atoms with E-state index in [1.807, 2.05) is 13.8 Å². The Morgan fingerprint density at radius 2 is 1.46 bits per heavy atom. The molecule has 1 rings (SSSR count). The molecule has 7 atom stereocenters. The molecule has 1 aliphatic heterocycles. The molecule has 0 radical (unpaired) electrons. The van der Waals surface area contributed by atoms with Crippen LogP contribution in [0.4, 0.5) is 0 Å². The van der Waals surface area contributed by atoms with E-state index in [1.54, 1.807) is 13.8 Å². The van der Waals surface area contributed by atoms with E-state index in [0.29, 0.717) is 25.9 Å². The lowest BCUT2D eigenvalue weighted by Crippen LogP contribution is -2.61. The van der Waals surface area contributed by atoms with E-state index in [1.165, 1.54) is 0 Å². The summed E-state index contributed by atoms with van der Waals surface area (Å²) in [5, 5.41) is 63.0. The zero-order valence-corrected chi connectivity index (χ0v) is 28.7. The second kappa shape index (κ2) is 21.9. The van der Waals surface area contributed by atoms with Crippen LogP contribution in [0.15, 0.2) is 0 Å². The molecule has 19 heteroatoms. The Morgan fingerprint density at radius 3 is 2.00 bits per heavy atom. The fourth-order valence-corrected chi connectivity index (χ4v) is 6.10. The highest BCUT2D eigenvalue weighted by Gasteiger charge is 2.40. The number of carboxylic acids is 3. The molecule has 12 N–H and O–H groups in total. The van der Waals surface area contributed by atoms with Crippen LogP contribution in [0.3, 0.4) is 0 Å². The normalized spacial score (nSPS) is 18.9. The first-order valence-electron chi connectivity index (χ1n) is 16.0. The molecule has 0 aliphatic carbocycles. The number of carbonyl (C=O) groups is 6. The molecular weight excluding hydrogens is 654 g/mol. The van der Waals surface area contributed by atoms with Crippen molar-refractivity contribution >= 4 is 47.4 Å². The molecular formula is C29H53N7O11S. The van der Waals surface area contributed by atoms with Crippen molar-refractivity contribution in [1.29, 1.82) is 0 Å². The van der Waals surface area contributed by atoms with E-state index in [4.69, 9.17) is 5.73 Å². The summed E-state index contributed by atoms with van der Waals surface area (Å²) >= 11 is 0.905. The summed E-state index contributed by atoms with van der Waals surface area (Å²) in [5.74, 6) is -5.99. The predicted molar refractivity (Wildman–Crippen MR) is 176 cm³/mol. The summed E-state index contributed by atoms with van der Waals surface area (Å²) in [5.41, 5.74) is 5.57. The van der Waals surface area contributed by atoms with Crippen LogP contribution in [0.25, 0.3) is 0 Å². The van der Waals surface area contributed by atoms with E-state index >= 15 is 0 Å². The number of carboxylic acid groups (broad SMARTS) is 3. The molecule has 0 aromatic carbocycles. The molecule has 1 fully saturated rings. The van der Waals surface area contributed by atoms with Gasteiger partial charge in [-0.05, 0) is 19.4 Å². The number of aliphatic hydroxyl groups is 2. The van der Waals surface area contributed by atoms with Crippen LogP contribution in [0.2, 0.25) is 0 Å². The van der Waals surface area contributed by atoms with Crippen molar-refractivity contribution in [3.8, 4) is 0 Å². The highest BCUT2D eigenvalue weighted by molar-refractivity contribution is 8.00. The van der Waals surface area contributed by atoms with Gasteiger partial charge >= 0.3 is 17.9 Å². The Bertz CT molecular complexity index is 1080. The fourth-order valence-electron chi connectivity index (χ4n) is 4.90. The lowest BCUT2D eigenvalue weighted by atomic mass is 10.0. The van der Waals surface area contributed by atoms with E-state index in [-0.39, 0.29) is 43.1 Å². The van der Waals surface area contributed by atoms with Gasteiger partial charge < -0.3 is 47.2 Å². The number of imide groups is 1. The molecule has 3 amide bonds. The Labute approximate surface area is 284 Å². The largest absolute Gasteiger partial charge is 0.481 e. The van der Waals surface area contributed by atoms with Gasteiger partial charge in [0.2, 0.25) is 17.7 Å². The molecule has 0 bridgehead atoms. The van der Waals surface area contributed by atoms with Gasteiger partial charge in [-0.2, -0.15) is 0 Å². The van der Waals surface area contributed by atoms with Crippen LogP contribution in [0.5, 0.6) is 0 Å². The number of hydrogen-bond acceptors (Lipinski definition) is 14. The standard InChI is InChI=1S/C29H53N7O11S/c1-15(2)31-9-10-36-22(37)13-21(28(36)45)48-14-20(29(46)47)35-27(44)19(12-24(40)41)34-25(42)17(7-5-6-8-30)33-26(43)18(11-23(38)39)32-16(3)4/h15-21,26-27,31-33,35,43-44H,5-14,30H2,1-4H3,(H,34,42)(H,38,39)(H,40,41)(H,46,47). The Morgan fingerprint density at radius 1 is 0.875 bits per heavy atom. The Hall–Kier alpha value is -2.91. The van der Waals surface area contributed by atoms with Crippen LogP contribution < -0.4 is 32.3 Å². The predicted octanol–water partition coefficient (Wildman–Crippen LogP) is -2.59. The van der Waals surface area contributed by atoms with Gasteiger partial charge in [-0.3, -0.25) is 44.3 Å². The first-order valence-corrected chi connectivity index (χ1v) is 17.0. The number of nitrogens with zero attached hydrogens (tertiary/aromatic N) is 1. The highest BCUT2D eigenvalue weighted by atomic mass is 32.2. The second-order valence-corrected chi connectivity index (χ2v) is 13.4. The van der Waals surface area contributed by atoms with Gasteiger partial charge in [0.15, 0.2) is 0 Å². The number of hydrogen-bond donors (Lipinski definition) is 11. The molecule has 7 unspecified atom stereocenters. The third-order valence-corrected chi connectivity index (χ3v) is 8.58. The Kier molecular flexibility index (Phi) is 19.7. The van der Waals surface area contributed by atoms with Crippen LogP contribution in [0.1, 0.15) is 66.2 Å². The number of aliphatic carboxylic acids is 3. The van der Waals surface area contributed by atoms with Crippen molar-refractivity contribution in [2.75, 3.05) is 25.4 Å². The first kappa shape index (κ1) is 43.1. The van der Waals surface area contributed by atoms with E-state index in [0.717, 1.165) is 16.7 Å². The van der Waals surface area contributed by atoms with Gasteiger partial charge in [0.1, 0.15) is 18.5 Å². The van der Waals surface area contributed by atoms with Crippen LogP contribution in [-0.4, -0.2) is 145 Å². The fraction of sp³-hybridized carbons (Fsp3) is 0.793. The van der Waals surface area contributed by atoms with Gasteiger partial charge in [-0.15, -0.1) is 11.8 Å². The summed E-state index contributed by atoms with van der Waals surface area (Å²) < 4.78 is 0. The van der Waals surface area contributed by atoms with Crippen molar-refractivity contribution in [2.45, 2.75) is 120 Å². The topological polar surface area (TPSA) is 293 Å². The number of carbonyl (C=O) groups excluding carboxylic acids is 3. The van der Waals surface area contributed by atoms with Crippen molar-refractivity contribution in [3.05, 3.63) is 0 Å². The first-order chi connectivity index (χ1) is 22.5. The molecule has 18 nitrogen and oxygen atoms in total. The molecule has 276 valence electrons. The smallest absolute Gasteiger partial charge is 0.321 e. The summed E-state index contributed by atoms with van der Waals surface area (Å²) in [7, 11) is 0. The average Bonchev–Trinajstić information content (AvgIpc) is 3.24. The van der Waals surface area contributed by atoms with Crippen molar-refractivity contribution in [1.82, 2.24) is 31.5 Å². The van der Waals surface area contributed by atoms with E-state index < -0.39 is 84.4 Å². The van der Waals surface area contributed by atoms with Gasteiger partial charge in [0, 0.05) is 37.3 Å². The summed E-state index contributed by atoms with van der Waals surface area (Å²) in [4.78, 5) is 74.8. The number of nitrogens with two attached hydrogens (primary N) is 1. The third kappa shape index (κ3) is 16.0. The van der Waals surface area contributed by atoms with Crippen molar-refractivity contribution in [2.24, 2.45) is 5.73 Å². The third-order valence-electron chi connectivity index (χ3n) is 7.29. The molecule has 0 saturated carbocycles. The minimum Gasteiger partial charge on any atom is -0.481 e. The summed E-state index contributed by atoms with van der Waals surface area (Å²) in [6.07, 6.45) is -3.79. The van der Waals surface area contributed by atoms with Gasteiger partial charge in [0.25, 0.3) is 0 Å². The molecule has 0 spiro atoms. The second-order valence-electron chi connectivity index (χ2n) is 12.2. The van der Waals surface area contributed by atoms with Gasteiger partial charge in [0.05, 0.1) is 36.2 Å². The monoisotopic (exact) mass is 707 g/mol. The lowest BCUT2D eigenvalue weighted by molar-refractivity contribution is -0.141. The molecule has 1 saturated heterocycles. The molecule has 0 aromatic rings. The van der Waals surface area contributed by atoms with Crippen LogP contribution >= 0.6 is 11.8 Å². The summed E-state index contributed by atoms with van der Waals surface area (Å²) in [6.45, 7) is 8.19. The number of aliphatic hydroxyl groups excluding tert-OH is 2. The maximum atomic E-state index is 13.4. The quantitative estimate of drug-likeness (QED) is 0.0250. The van der Waals surface area contributed by atoms with Crippen molar-refractivity contribution in [3.63, 3.8) is 0 Å². The Balaban J connectivity index is 3.02. The zero-order chi connectivity index (χ0) is 36.6. The van der Waals surface area contributed by atoms with Crippen LogP contribution in [-0.2, 0) is 28.8 Å². The number of thioether (sulfide) groups is 1.